The van der Waals surface area contributed by atoms with Gasteiger partial charge in [-0.05, 0) is 0 Å². The van der Waals surface area contributed by atoms with Crippen LogP contribution >= 0.6 is 11.8 Å². The Bertz CT molecular complexity index is 260. The van der Waals surface area contributed by atoms with E-state index in [4.69, 9.17) is 10.8 Å². The van der Waals surface area contributed by atoms with Crippen LogP contribution in [0.1, 0.15) is 13.3 Å². The number of carboxylic acids is 1. The van der Waals surface area contributed by atoms with E-state index >= 15 is 0 Å². The molecule has 1 saturated heterocycles. The third-order valence-corrected chi connectivity index (χ3v) is 3.40. The molecule has 0 aromatic carbocycles. The van der Waals surface area contributed by atoms with E-state index in [9.17, 15) is 9.59 Å². The highest BCUT2D eigenvalue weighted by molar-refractivity contribution is 7.99. The molecule has 0 aromatic rings. The molecule has 0 saturated carbocycles. The summed E-state index contributed by atoms with van der Waals surface area (Å²) in [6.45, 7) is 3.38. The van der Waals surface area contributed by atoms with E-state index in [1.807, 2.05) is 18.7 Å². The Hall–Kier alpha value is -0.750. The van der Waals surface area contributed by atoms with Crippen LogP contribution in [0.15, 0.2) is 0 Å². The zero-order valence-electron chi connectivity index (χ0n) is 8.68. The number of amides is 1. The molecule has 6 heteroatoms. The smallest absolute Gasteiger partial charge is 0.305 e. The highest BCUT2D eigenvalue weighted by atomic mass is 32.2. The summed E-state index contributed by atoms with van der Waals surface area (Å²) < 4.78 is 0. The molecule has 3 N–H and O–H groups in total. The van der Waals surface area contributed by atoms with Gasteiger partial charge in [0.05, 0.1) is 12.5 Å². The van der Waals surface area contributed by atoms with Crippen molar-refractivity contribution in [3.05, 3.63) is 0 Å². The van der Waals surface area contributed by atoms with E-state index < -0.39 is 12.0 Å². The Morgan fingerprint density at radius 3 is 2.87 bits per heavy atom. The second kappa shape index (κ2) is 5.37. The zero-order valence-corrected chi connectivity index (χ0v) is 9.50. The van der Waals surface area contributed by atoms with Crippen LogP contribution in [0.4, 0.5) is 0 Å². The molecule has 5 nitrogen and oxygen atoms in total. The minimum atomic E-state index is -1.03. The maximum absolute atomic E-state index is 11.7. The third kappa shape index (κ3) is 3.71. The quantitative estimate of drug-likeness (QED) is 0.701. The van der Waals surface area contributed by atoms with Crippen molar-refractivity contribution in [1.82, 2.24) is 4.90 Å². The van der Waals surface area contributed by atoms with Crippen LogP contribution in [0, 0.1) is 0 Å². The molecule has 1 heterocycles. The van der Waals surface area contributed by atoms with Crippen molar-refractivity contribution < 1.29 is 14.7 Å². The van der Waals surface area contributed by atoms with E-state index in [2.05, 4.69) is 0 Å². The summed E-state index contributed by atoms with van der Waals surface area (Å²) in [5.74, 6) is -0.382. The van der Waals surface area contributed by atoms with Crippen molar-refractivity contribution in [3.63, 3.8) is 0 Å². The van der Waals surface area contributed by atoms with Crippen molar-refractivity contribution in [2.75, 3.05) is 18.8 Å². The van der Waals surface area contributed by atoms with Gasteiger partial charge in [0.25, 0.3) is 0 Å². The molecule has 0 bridgehead atoms. The van der Waals surface area contributed by atoms with Gasteiger partial charge in [-0.15, -0.1) is 0 Å². The molecule has 1 aliphatic rings. The monoisotopic (exact) mass is 232 g/mol. The molecule has 0 radical (unpaired) electrons. The van der Waals surface area contributed by atoms with Crippen LogP contribution in [0.3, 0.4) is 0 Å². The van der Waals surface area contributed by atoms with E-state index in [-0.39, 0.29) is 12.3 Å². The molecule has 2 unspecified atom stereocenters. The molecule has 2 atom stereocenters. The second-order valence-corrected chi connectivity index (χ2v) is 5.22. The molecule has 1 rings (SSSR count). The van der Waals surface area contributed by atoms with Crippen molar-refractivity contribution in [3.8, 4) is 0 Å². The Balaban J connectivity index is 2.47. The van der Waals surface area contributed by atoms with Gasteiger partial charge in [0, 0.05) is 24.1 Å². The third-order valence-electron chi connectivity index (χ3n) is 2.26. The van der Waals surface area contributed by atoms with Crippen molar-refractivity contribution in [1.29, 1.82) is 0 Å². The van der Waals surface area contributed by atoms with Gasteiger partial charge in [-0.1, -0.05) is 6.92 Å². The Morgan fingerprint density at radius 2 is 2.33 bits per heavy atom. The number of aliphatic carboxylic acids is 1. The lowest BCUT2D eigenvalue weighted by molar-refractivity contribution is -0.141. The van der Waals surface area contributed by atoms with Crippen LogP contribution in [-0.4, -0.2) is 52.0 Å². The molecule has 1 amide bonds. The lowest BCUT2D eigenvalue weighted by atomic mass is 10.2. The van der Waals surface area contributed by atoms with Crippen LogP contribution in [0.5, 0.6) is 0 Å². The van der Waals surface area contributed by atoms with E-state index in [0.717, 1.165) is 5.75 Å². The summed E-state index contributed by atoms with van der Waals surface area (Å²) in [5, 5.41) is 8.93. The van der Waals surface area contributed by atoms with Gasteiger partial charge in [0.2, 0.25) is 5.91 Å². The van der Waals surface area contributed by atoms with Crippen LogP contribution < -0.4 is 5.73 Å². The summed E-state index contributed by atoms with van der Waals surface area (Å²) in [4.78, 5) is 23.8. The van der Waals surface area contributed by atoms with E-state index in [0.29, 0.717) is 18.3 Å². The molecule has 0 spiro atoms. The van der Waals surface area contributed by atoms with Gasteiger partial charge in [-0.25, -0.2) is 0 Å². The van der Waals surface area contributed by atoms with Crippen molar-refractivity contribution in [2.45, 2.75) is 24.6 Å². The molecule has 0 aromatic heterocycles. The van der Waals surface area contributed by atoms with Crippen molar-refractivity contribution >= 4 is 23.6 Å². The fraction of sp³-hybridized carbons (Fsp3) is 0.778. The van der Waals surface area contributed by atoms with E-state index in [1.54, 1.807) is 4.90 Å². The predicted octanol–water partition coefficient (Wildman–Crippen LogP) is -0.248. The number of nitrogens with two attached hydrogens (primary N) is 1. The second-order valence-electron chi connectivity index (χ2n) is 3.67. The maximum Gasteiger partial charge on any atom is 0.305 e. The Morgan fingerprint density at radius 1 is 1.67 bits per heavy atom. The topological polar surface area (TPSA) is 83.6 Å². The molecular weight excluding hydrogens is 216 g/mol. The van der Waals surface area contributed by atoms with Gasteiger partial charge >= 0.3 is 5.97 Å². The first-order valence-corrected chi connectivity index (χ1v) is 5.93. The largest absolute Gasteiger partial charge is 0.481 e. The number of hydrogen-bond acceptors (Lipinski definition) is 4. The fourth-order valence-corrected chi connectivity index (χ4v) is 2.54. The molecular formula is C9H16N2O3S. The van der Waals surface area contributed by atoms with Crippen LogP contribution in [0.2, 0.25) is 0 Å². The number of rotatable bonds is 3. The van der Waals surface area contributed by atoms with Crippen molar-refractivity contribution in [2.24, 2.45) is 5.73 Å². The molecule has 86 valence electrons. The minimum Gasteiger partial charge on any atom is -0.481 e. The molecule has 1 fully saturated rings. The Labute approximate surface area is 93.0 Å². The number of carbonyl (C=O) groups excluding carboxylic acids is 1. The first-order chi connectivity index (χ1) is 7.00. The highest BCUT2D eigenvalue weighted by Gasteiger charge is 2.26. The predicted molar refractivity (Wildman–Crippen MR) is 58.7 cm³/mol. The van der Waals surface area contributed by atoms with Gasteiger partial charge in [0.1, 0.15) is 0 Å². The summed E-state index contributed by atoms with van der Waals surface area (Å²) in [6.07, 6.45) is -0.295. The molecule has 0 aliphatic carbocycles. The minimum absolute atomic E-state index is 0.246. The van der Waals surface area contributed by atoms with Crippen LogP contribution in [0.25, 0.3) is 0 Å². The molecule has 1 aliphatic heterocycles. The van der Waals surface area contributed by atoms with Gasteiger partial charge in [-0.2, -0.15) is 11.8 Å². The van der Waals surface area contributed by atoms with Gasteiger partial charge in [-0.3, -0.25) is 9.59 Å². The first kappa shape index (κ1) is 12.3. The van der Waals surface area contributed by atoms with E-state index in [1.165, 1.54) is 0 Å². The summed E-state index contributed by atoms with van der Waals surface area (Å²) >= 11 is 1.81. The zero-order chi connectivity index (χ0) is 11.4. The molecule has 15 heavy (non-hydrogen) atoms. The van der Waals surface area contributed by atoms with Gasteiger partial charge in [0.15, 0.2) is 0 Å². The summed E-state index contributed by atoms with van der Waals surface area (Å²) in [7, 11) is 0. The highest BCUT2D eigenvalue weighted by Crippen LogP contribution is 2.18. The average molecular weight is 232 g/mol. The number of thioether (sulfide) groups is 1. The summed E-state index contributed by atoms with van der Waals surface area (Å²) in [6, 6.07) is -0.905. The normalized spacial score (nSPS) is 23.6. The lowest BCUT2D eigenvalue weighted by Crippen LogP contribution is -2.49. The number of hydrogen-bond donors (Lipinski definition) is 2. The maximum atomic E-state index is 11.7. The standard InChI is InChI=1S/C9H16N2O3S/c1-6-5-11(2-3-15-6)9(14)7(10)4-8(12)13/h6-7H,2-5,10H2,1H3,(H,12,13). The summed E-state index contributed by atoms with van der Waals surface area (Å²) in [5.41, 5.74) is 5.52. The number of nitrogens with zero attached hydrogens (tertiary/aromatic N) is 1. The van der Waals surface area contributed by atoms with Gasteiger partial charge < -0.3 is 15.7 Å². The fourth-order valence-electron chi connectivity index (χ4n) is 1.53. The first-order valence-electron chi connectivity index (χ1n) is 4.88. The SMILES string of the molecule is CC1CN(C(=O)C(N)CC(=O)O)CCS1. The van der Waals surface area contributed by atoms with Crippen LogP contribution in [-0.2, 0) is 9.59 Å². The lowest BCUT2D eigenvalue weighted by Gasteiger charge is -2.32. The average Bonchev–Trinajstić information content (AvgIpc) is 2.15. The number of carbonyl (C=O) groups is 2. The number of carboxylic acid groups (broad SMARTS) is 1. The Kier molecular flexibility index (Phi) is 4.41.